The van der Waals surface area contributed by atoms with E-state index in [1.165, 1.54) is 0 Å². The zero-order valence-corrected chi connectivity index (χ0v) is 10.9. The molecular formula is C13H20N4O. The molecule has 1 aliphatic rings. The van der Waals surface area contributed by atoms with Gasteiger partial charge in [-0.25, -0.2) is 4.79 Å². The van der Waals surface area contributed by atoms with E-state index in [9.17, 15) is 4.79 Å². The van der Waals surface area contributed by atoms with Crippen LogP contribution in [-0.4, -0.2) is 34.5 Å². The highest BCUT2D eigenvalue weighted by Crippen LogP contribution is 2.20. The lowest BCUT2D eigenvalue weighted by molar-refractivity contribution is 0.213. The minimum absolute atomic E-state index is 0.0203. The Morgan fingerprint density at radius 3 is 3.00 bits per heavy atom. The van der Waals surface area contributed by atoms with Gasteiger partial charge in [0, 0.05) is 31.0 Å². The molecule has 5 heteroatoms. The zero-order chi connectivity index (χ0) is 13.2. The molecule has 2 rings (SSSR count). The average molecular weight is 248 g/mol. The maximum atomic E-state index is 11.8. The van der Waals surface area contributed by atoms with Gasteiger partial charge in [-0.3, -0.25) is 4.98 Å². The van der Waals surface area contributed by atoms with Crippen molar-refractivity contribution in [2.24, 2.45) is 5.73 Å². The molecule has 2 heterocycles. The second-order valence-corrected chi connectivity index (χ2v) is 5.47. The molecule has 1 aromatic rings. The smallest absolute Gasteiger partial charge is 0.318 e. The van der Waals surface area contributed by atoms with Gasteiger partial charge in [0.1, 0.15) is 0 Å². The molecule has 0 radical (unpaired) electrons. The molecule has 1 unspecified atom stereocenters. The summed E-state index contributed by atoms with van der Waals surface area (Å²) in [5.41, 5.74) is 6.74. The number of amides is 2. The van der Waals surface area contributed by atoms with Gasteiger partial charge in [0.15, 0.2) is 0 Å². The zero-order valence-electron chi connectivity index (χ0n) is 10.9. The molecule has 1 fully saturated rings. The molecule has 0 bridgehead atoms. The Balaban J connectivity index is 1.95. The monoisotopic (exact) mass is 248 g/mol. The first kappa shape index (κ1) is 12.8. The topological polar surface area (TPSA) is 71.2 Å². The van der Waals surface area contributed by atoms with Crippen LogP contribution in [0.4, 0.5) is 4.79 Å². The van der Waals surface area contributed by atoms with Crippen molar-refractivity contribution in [3.8, 4) is 0 Å². The second kappa shape index (κ2) is 4.94. The van der Waals surface area contributed by atoms with Crippen molar-refractivity contribution in [3.05, 3.63) is 30.1 Å². The third-order valence-corrected chi connectivity index (χ3v) is 3.10. The van der Waals surface area contributed by atoms with Gasteiger partial charge in [-0.2, -0.15) is 0 Å². The Hall–Kier alpha value is -1.62. The van der Waals surface area contributed by atoms with Crippen LogP contribution in [0.2, 0.25) is 0 Å². The average Bonchev–Trinajstić information content (AvgIpc) is 2.68. The lowest BCUT2D eigenvalue weighted by Gasteiger charge is -2.22. The molecule has 0 saturated carbocycles. The summed E-state index contributed by atoms with van der Waals surface area (Å²) in [6.07, 6.45) is 4.32. The van der Waals surface area contributed by atoms with Crippen LogP contribution in [0, 0.1) is 0 Å². The van der Waals surface area contributed by atoms with Gasteiger partial charge in [0.2, 0.25) is 0 Å². The van der Waals surface area contributed by atoms with Crippen LogP contribution in [0.3, 0.4) is 0 Å². The molecule has 1 aliphatic heterocycles. The largest absolute Gasteiger partial charge is 0.329 e. The number of pyridine rings is 1. The first-order valence-electron chi connectivity index (χ1n) is 6.20. The second-order valence-electron chi connectivity index (χ2n) is 5.47. The first-order valence-corrected chi connectivity index (χ1v) is 6.20. The van der Waals surface area contributed by atoms with Crippen molar-refractivity contribution < 1.29 is 4.79 Å². The lowest BCUT2D eigenvalue weighted by Crippen LogP contribution is -2.38. The quantitative estimate of drug-likeness (QED) is 0.843. The molecule has 1 atom stereocenters. The van der Waals surface area contributed by atoms with Crippen molar-refractivity contribution in [3.63, 3.8) is 0 Å². The number of nitrogens with zero attached hydrogens (tertiary/aromatic N) is 2. The molecule has 98 valence electrons. The van der Waals surface area contributed by atoms with E-state index in [4.69, 9.17) is 5.73 Å². The number of carbonyl (C=O) groups excluding carboxylic acids is 1. The Labute approximate surface area is 107 Å². The molecule has 5 nitrogen and oxygen atoms in total. The predicted molar refractivity (Wildman–Crippen MR) is 70.0 cm³/mol. The van der Waals surface area contributed by atoms with E-state index in [1.807, 2.05) is 30.9 Å². The molecule has 1 saturated heterocycles. The van der Waals surface area contributed by atoms with Crippen LogP contribution in [0.1, 0.15) is 31.9 Å². The van der Waals surface area contributed by atoms with Crippen molar-refractivity contribution in [1.82, 2.24) is 15.2 Å². The van der Waals surface area contributed by atoms with Crippen molar-refractivity contribution in [2.45, 2.75) is 31.8 Å². The Bertz CT molecular complexity index is 413. The van der Waals surface area contributed by atoms with Gasteiger partial charge < -0.3 is 16.0 Å². The van der Waals surface area contributed by atoms with Crippen molar-refractivity contribution >= 4 is 6.03 Å². The number of urea groups is 1. The molecule has 0 spiro atoms. The third kappa shape index (κ3) is 3.20. The maximum Gasteiger partial charge on any atom is 0.318 e. The standard InChI is InChI=1S/C13H20N4O/c1-13(2,14)5-7-17-9-11(16-12(17)18)10-4-3-6-15-8-10/h3-4,6,8,11H,5,7,9,14H2,1-2H3,(H,16,18). The highest BCUT2D eigenvalue weighted by atomic mass is 16.2. The summed E-state index contributed by atoms with van der Waals surface area (Å²) in [4.78, 5) is 17.7. The van der Waals surface area contributed by atoms with E-state index >= 15 is 0 Å². The summed E-state index contributed by atoms with van der Waals surface area (Å²) < 4.78 is 0. The number of hydrogen-bond acceptors (Lipinski definition) is 3. The van der Waals surface area contributed by atoms with Gasteiger partial charge in [-0.05, 0) is 31.9 Å². The first-order chi connectivity index (χ1) is 8.46. The fourth-order valence-corrected chi connectivity index (χ4v) is 1.98. The number of rotatable bonds is 4. The lowest BCUT2D eigenvalue weighted by atomic mass is 10.0. The summed E-state index contributed by atoms with van der Waals surface area (Å²) in [6.45, 7) is 5.31. The van der Waals surface area contributed by atoms with E-state index in [2.05, 4.69) is 10.3 Å². The summed E-state index contributed by atoms with van der Waals surface area (Å²) in [6, 6.07) is 3.88. The fraction of sp³-hybridized carbons (Fsp3) is 0.538. The highest BCUT2D eigenvalue weighted by Gasteiger charge is 2.30. The van der Waals surface area contributed by atoms with E-state index in [1.54, 1.807) is 12.4 Å². The van der Waals surface area contributed by atoms with E-state index < -0.39 is 0 Å². The molecular weight excluding hydrogens is 228 g/mol. The number of nitrogens with two attached hydrogens (primary N) is 1. The van der Waals surface area contributed by atoms with Crippen LogP contribution in [0.5, 0.6) is 0 Å². The van der Waals surface area contributed by atoms with Crippen LogP contribution in [0.25, 0.3) is 0 Å². The van der Waals surface area contributed by atoms with Gasteiger partial charge in [0.25, 0.3) is 0 Å². The molecule has 1 aromatic heterocycles. The predicted octanol–water partition coefficient (Wildman–Crippen LogP) is 1.28. The van der Waals surface area contributed by atoms with Crippen LogP contribution in [0.15, 0.2) is 24.5 Å². The number of carbonyl (C=O) groups is 1. The van der Waals surface area contributed by atoms with Crippen LogP contribution >= 0.6 is 0 Å². The number of aromatic nitrogens is 1. The van der Waals surface area contributed by atoms with E-state index in [-0.39, 0.29) is 17.6 Å². The minimum Gasteiger partial charge on any atom is -0.329 e. The van der Waals surface area contributed by atoms with Gasteiger partial charge in [-0.15, -0.1) is 0 Å². The fourth-order valence-electron chi connectivity index (χ4n) is 1.98. The summed E-state index contributed by atoms with van der Waals surface area (Å²) in [5, 5.41) is 2.96. The van der Waals surface area contributed by atoms with Gasteiger partial charge >= 0.3 is 6.03 Å². The Kier molecular flexibility index (Phi) is 3.52. The van der Waals surface area contributed by atoms with Crippen LogP contribution < -0.4 is 11.1 Å². The van der Waals surface area contributed by atoms with Crippen molar-refractivity contribution in [1.29, 1.82) is 0 Å². The van der Waals surface area contributed by atoms with Gasteiger partial charge in [0.05, 0.1) is 6.04 Å². The molecule has 0 aliphatic carbocycles. The minimum atomic E-state index is -0.243. The number of nitrogens with one attached hydrogen (secondary N) is 1. The summed E-state index contributed by atoms with van der Waals surface area (Å²) >= 11 is 0. The summed E-state index contributed by atoms with van der Waals surface area (Å²) in [7, 11) is 0. The van der Waals surface area contributed by atoms with Crippen molar-refractivity contribution in [2.75, 3.05) is 13.1 Å². The molecule has 18 heavy (non-hydrogen) atoms. The van der Waals surface area contributed by atoms with E-state index in [0.717, 1.165) is 12.0 Å². The Morgan fingerprint density at radius 2 is 2.39 bits per heavy atom. The number of hydrogen-bond donors (Lipinski definition) is 2. The normalized spacial score (nSPS) is 20.1. The van der Waals surface area contributed by atoms with E-state index in [0.29, 0.717) is 13.1 Å². The Morgan fingerprint density at radius 1 is 1.61 bits per heavy atom. The maximum absolute atomic E-state index is 11.8. The van der Waals surface area contributed by atoms with Gasteiger partial charge in [-0.1, -0.05) is 6.07 Å². The third-order valence-electron chi connectivity index (χ3n) is 3.10. The molecule has 2 amide bonds. The highest BCUT2D eigenvalue weighted by molar-refractivity contribution is 5.77. The molecule has 3 N–H and O–H groups in total. The molecule has 0 aromatic carbocycles. The van der Waals surface area contributed by atoms with Crippen LogP contribution in [-0.2, 0) is 0 Å². The summed E-state index contributed by atoms with van der Waals surface area (Å²) in [5.74, 6) is 0. The SMILES string of the molecule is CC(C)(N)CCN1CC(c2cccnc2)NC1=O.